The first-order chi connectivity index (χ1) is 7.79. The van der Waals surface area contributed by atoms with Crippen molar-refractivity contribution in [3.8, 4) is 0 Å². The molecule has 1 heterocycles. The third-order valence-corrected chi connectivity index (χ3v) is 2.61. The molecule has 84 valence electrons. The number of halogens is 1. The van der Waals surface area contributed by atoms with Gasteiger partial charge < -0.3 is 9.88 Å². The number of nitrogens with zero attached hydrogens (tertiary/aromatic N) is 2. The van der Waals surface area contributed by atoms with E-state index in [4.69, 9.17) is 11.6 Å². The van der Waals surface area contributed by atoms with Crippen molar-refractivity contribution in [3.05, 3.63) is 53.1 Å². The average molecular weight is 236 g/mol. The van der Waals surface area contributed by atoms with Crippen LogP contribution < -0.4 is 5.32 Å². The molecule has 0 aliphatic rings. The highest BCUT2D eigenvalue weighted by atomic mass is 35.5. The maximum atomic E-state index is 5.95. The molecule has 0 bridgehead atoms. The highest BCUT2D eigenvalue weighted by molar-refractivity contribution is 6.30. The standard InChI is InChI=1S/C12H14ClN3/c1-14-8-12-15-5-6-16(12)9-10-3-2-4-11(13)7-10/h2-7,14H,8-9H2,1H3. The molecule has 4 heteroatoms. The van der Waals surface area contributed by atoms with Gasteiger partial charge in [-0.05, 0) is 24.7 Å². The molecule has 2 rings (SSSR count). The second kappa shape index (κ2) is 5.14. The molecule has 0 radical (unpaired) electrons. The predicted octanol–water partition coefficient (Wildman–Crippen LogP) is 2.30. The lowest BCUT2D eigenvalue weighted by molar-refractivity contribution is 0.673. The number of aromatic nitrogens is 2. The van der Waals surface area contributed by atoms with E-state index < -0.39 is 0 Å². The molecule has 0 saturated carbocycles. The molecule has 0 spiro atoms. The molecule has 0 amide bonds. The van der Waals surface area contributed by atoms with Gasteiger partial charge in [0.2, 0.25) is 0 Å². The molecule has 0 unspecified atom stereocenters. The van der Waals surface area contributed by atoms with Gasteiger partial charge in [0, 0.05) is 24.0 Å². The normalized spacial score (nSPS) is 10.6. The van der Waals surface area contributed by atoms with Gasteiger partial charge in [-0.3, -0.25) is 0 Å². The van der Waals surface area contributed by atoms with Crippen molar-refractivity contribution in [1.29, 1.82) is 0 Å². The van der Waals surface area contributed by atoms with Crippen molar-refractivity contribution < 1.29 is 0 Å². The van der Waals surface area contributed by atoms with Gasteiger partial charge in [0.25, 0.3) is 0 Å². The fourth-order valence-corrected chi connectivity index (χ4v) is 1.85. The highest BCUT2D eigenvalue weighted by Gasteiger charge is 2.02. The van der Waals surface area contributed by atoms with Crippen molar-refractivity contribution in [2.24, 2.45) is 0 Å². The van der Waals surface area contributed by atoms with Gasteiger partial charge in [-0.15, -0.1) is 0 Å². The zero-order valence-electron chi connectivity index (χ0n) is 9.15. The minimum Gasteiger partial charge on any atom is -0.329 e. The van der Waals surface area contributed by atoms with Crippen molar-refractivity contribution in [3.63, 3.8) is 0 Å². The smallest absolute Gasteiger partial charge is 0.122 e. The number of nitrogens with one attached hydrogen (secondary N) is 1. The van der Waals surface area contributed by atoms with E-state index in [1.165, 1.54) is 5.56 Å². The molecule has 1 aromatic heterocycles. The topological polar surface area (TPSA) is 29.9 Å². The molecular weight excluding hydrogens is 222 g/mol. The highest BCUT2D eigenvalue weighted by Crippen LogP contribution is 2.12. The Bertz CT molecular complexity index is 465. The lowest BCUT2D eigenvalue weighted by Crippen LogP contribution is -2.12. The van der Waals surface area contributed by atoms with Crippen LogP contribution in [0.3, 0.4) is 0 Å². The van der Waals surface area contributed by atoms with Gasteiger partial charge in [0.15, 0.2) is 0 Å². The summed E-state index contributed by atoms with van der Waals surface area (Å²) in [4.78, 5) is 4.29. The van der Waals surface area contributed by atoms with Crippen LogP contribution in [0.2, 0.25) is 5.02 Å². The third-order valence-electron chi connectivity index (χ3n) is 2.38. The Morgan fingerprint density at radius 2 is 2.31 bits per heavy atom. The van der Waals surface area contributed by atoms with Crippen LogP contribution in [0.1, 0.15) is 11.4 Å². The molecular formula is C12H14ClN3. The summed E-state index contributed by atoms with van der Waals surface area (Å²) in [6.45, 7) is 1.57. The molecule has 2 aromatic rings. The summed E-state index contributed by atoms with van der Waals surface area (Å²) in [6, 6.07) is 7.89. The van der Waals surface area contributed by atoms with Crippen molar-refractivity contribution in [2.75, 3.05) is 7.05 Å². The van der Waals surface area contributed by atoms with Crippen LogP contribution in [0.4, 0.5) is 0 Å². The summed E-state index contributed by atoms with van der Waals surface area (Å²) >= 11 is 5.95. The first-order valence-corrected chi connectivity index (χ1v) is 5.56. The SMILES string of the molecule is CNCc1nccn1Cc1cccc(Cl)c1. The summed E-state index contributed by atoms with van der Waals surface area (Å²) in [6.07, 6.45) is 3.80. The van der Waals surface area contributed by atoms with Crippen LogP contribution in [0.15, 0.2) is 36.7 Å². The molecule has 0 atom stereocenters. The number of imidazole rings is 1. The van der Waals surface area contributed by atoms with Crippen molar-refractivity contribution in [2.45, 2.75) is 13.1 Å². The van der Waals surface area contributed by atoms with E-state index in [2.05, 4.69) is 20.9 Å². The maximum Gasteiger partial charge on any atom is 0.122 e. The van der Waals surface area contributed by atoms with Crippen LogP contribution in [-0.4, -0.2) is 16.6 Å². The summed E-state index contributed by atoms with van der Waals surface area (Å²) in [5.74, 6) is 1.03. The van der Waals surface area contributed by atoms with Gasteiger partial charge in [-0.2, -0.15) is 0 Å². The van der Waals surface area contributed by atoms with Crippen LogP contribution in [0, 0.1) is 0 Å². The first-order valence-electron chi connectivity index (χ1n) is 5.18. The summed E-state index contributed by atoms with van der Waals surface area (Å²) < 4.78 is 2.11. The molecule has 1 aromatic carbocycles. The minimum atomic E-state index is 0.771. The van der Waals surface area contributed by atoms with E-state index in [0.717, 1.165) is 23.9 Å². The molecule has 16 heavy (non-hydrogen) atoms. The third kappa shape index (κ3) is 2.62. The number of hydrogen-bond donors (Lipinski definition) is 1. The zero-order chi connectivity index (χ0) is 11.4. The fraction of sp³-hybridized carbons (Fsp3) is 0.250. The summed E-state index contributed by atoms with van der Waals surface area (Å²) in [7, 11) is 1.92. The van der Waals surface area contributed by atoms with E-state index >= 15 is 0 Å². The molecule has 0 fully saturated rings. The van der Waals surface area contributed by atoms with E-state index in [0.29, 0.717) is 0 Å². The van der Waals surface area contributed by atoms with Crippen LogP contribution >= 0.6 is 11.6 Å². The van der Waals surface area contributed by atoms with Crippen LogP contribution in [-0.2, 0) is 13.1 Å². The predicted molar refractivity (Wildman–Crippen MR) is 65.5 cm³/mol. The minimum absolute atomic E-state index is 0.771. The summed E-state index contributed by atoms with van der Waals surface area (Å²) in [5, 5.41) is 3.87. The van der Waals surface area contributed by atoms with E-state index in [1.807, 2.05) is 37.6 Å². The Kier molecular flexibility index (Phi) is 3.59. The van der Waals surface area contributed by atoms with Crippen molar-refractivity contribution in [1.82, 2.24) is 14.9 Å². The monoisotopic (exact) mass is 235 g/mol. The Labute approximate surface area is 100 Å². The van der Waals surface area contributed by atoms with Crippen LogP contribution in [0.5, 0.6) is 0 Å². The second-order valence-electron chi connectivity index (χ2n) is 3.63. The summed E-state index contributed by atoms with van der Waals surface area (Å²) in [5.41, 5.74) is 1.18. The van der Waals surface area contributed by atoms with Gasteiger partial charge in [-0.25, -0.2) is 4.98 Å². The number of hydrogen-bond acceptors (Lipinski definition) is 2. The lowest BCUT2D eigenvalue weighted by Gasteiger charge is -2.07. The molecule has 0 saturated heterocycles. The number of benzene rings is 1. The maximum absolute atomic E-state index is 5.95. The molecule has 0 aliphatic heterocycles. The van der Waals surface area contributed by atoms with E-state index in [-0.39, 0.29) is 0 Å². The fourth-order valence-electron chi connectivity index (χ4n) is 1.64. The Hall–Kier alpha value is -1.32. The number of rotatable bonds is 4. The second-order valence-corrected chi connectivity index (χ2v) is 4.07. The van der Waals surface area contributed by atoms with Gasteiger partial charge in [0.05, 0.1) is 6.54 Å². The molecule has 0 aliphatic carbocycles. The zero-order valence-corrected chi connectivity index (χ0v) is 9.91. The van der Waals surface area contributed by atoms with E-state index in [9.17, 15) is 0 Å². The van der Waals surface area contributed by atoms with E-state index in [1.54, 1.807) is 0 Å². The van der Waals surface area contributed by atoms with Gasteiger partial charge in [-0.1, -0.05) is 23.7 Å². The Balaban J connectivity index is 2.17. The van der Waals surface area contributed by atoms with Crippen molar-refractivity contribution >= 4 is 11.6 Å². The lowest BCUT2D eigenvalue weighted by atomic mass is 10.2. The van der Waals surface area contributed by atoms with Crippen LogP contribution in [0.25, 0.3) is 0 Å². The van der Waals surface area contributed by atoms with Gasteiger partial charge >= 0.3 is 0 Å². The largest absolute Gasteiger partial charge is 0.329 e. The average Bonchev–Trinajstić information content (AvgIpc) is 2.66. The Morgan fingerprint density at radius 1 is 1.44 bits per heavy atom. The van der Waals surface area contributed by atoms with Gasteiger partial charge in [0.1, 0.15) is 5.82 Å². The molecule has 1 N–H and O–H groups in total. The first kappa shape index (κ1) is 11.2. The quantitative estimate of drug-likeness (QED) is 0.882. The Morgan fingerprint density at radius 3 is 3.06 bits per heavy atom. The molecule has 3 nitrogen and oxygen atoms in total.